The van der Waals surface area contributed by atoms with E-state index in [1.54, 1.807) is 7.11 Å². The fourth-order valence-corrected chi connectivity index (χ4v) is 4.81. The highest BCUT2D eigenvalue weighted by atomic mass is 16.5. The van der Waals surface area contributed by atoms with Crippen molar-refractivity contribution < 1.29 is 14.6 Å². The van der Waals surface area contributed by atoms with E-state index in [9.17, 15) is 9.90 Å². The van der Waals surface area contributed by atoms with Crippen LogP contribution in [0.4, 0.5) is 11.5 Å². The molecule has 7 nitrogen and oxygen atoms in total. The Balaban J connectivity index is 1.29. The number of hydrogen-bond acceptors (Lipinski definition) is 6. The van der Waals surface area contributed by atoms with Crippen molar-refractivity contribution in [3.8, 4) is 0 Å². The zero-order valence-corrected chi connectivity index (χ0v) is 21.2. The number of rotatable bonds is 14. The van der Waals surface area contributed by atoms with Crippen molar-refractivity contribution >= 4 is 28.2 Å². The molecule has 192 valence electrons. The lowest BCUT2D eigenvalue weighted by Gasteiger charge is -2.25. The number of carboxylic acids is 1. The number of fused-ring (bicyclic) bond motifs is 2. The summed E-state index contributed by atoms with van der Waals surface area (Å²) in [4.78, 5) is 19.2. The van der Waals surface area contributed by atoms with Gasteiger partial charge in [-0.05, 0) is 68.2 Å². The first-order valence-corrected chi connectivity index (χ1v) is 13.0. The Labute approximate surface area is 213 Å². The van der Waals surface area contributed by atoms with Gasteiger partial charge in [-0.15, -0.1) is 0 Å². The van der Waals surface area contributed by atoms with Crippen molar-refractivity contribution in [1.29, 1.82) is 0 Å². The summed E-state index contributed by atoms with van der Waals surface area (Å²) in [6, 6.07) is 17.7. The number of benzene rings is 2. The first-order chi connectivity index (χ1) is 17.6. The normalized spacial score (nSPS) is 13.8. The maximum absolute atomic E-state index is 12.1. The predicted molar refractivity (Wildman–Crippen MR) is 146 cm³/mol. The lowest BCUT2D eigenvalue weighted by atomic mass is 10.1. The average molecular weight is 491 g/mol. The number of ether oxygens (including phenoxy) is 1. The molecule has 7 heteroatoms. The fourth-order valence-electron chi connectivity index (χ4n) is 4.81. The van der Waals surface area contributed by atoms with Gasteiger partial charge < -0.3 is 25.4 Å². The summed E-state index contributed by atoms with van der Waals surface area (Å²) in [6.07, 6.45) is 5.83. The van der Waals surface area contributed by atoms with Crippen LogP contribution in [0.5, 0.6) is 0 Å². The minimum Gasteiger partial charge on any atom is -0.480 e. The number of nitrogens with one attached hydrogen (secondary N) is 2. The number of pyridine rings is 1. The van der Waals surface area contributed by atoms with Gasteiger partial charge in [0.05, 0.1) is 6.61 Å². The summed E-state index contributed by atoms with van der Waals surface area (Å²) in [5.41, 5.74) is 3.31. The molecule has 0 saturated heterocycles. The Morgan fingerprint density at radius 1 is 1.11 bits per heavy atom. The second kappa shape index (κ2) is 13.2. The van der Waals surface area contributed by atoms with E-state index in [0.29, 0.717) is 19.6 Å². The Hall–Kier alpha value is -3.16. The van der Waals surface area contributed by atoms with Crippen molar-refractivity contribution in [2.24, 2.45) is 0 Å². The lowest BCUT2D eigenvalue weighted by Crippen LogP contribution is -2.36. The number of methoxy groups -OCH3 is 1. The topological polar surface area (TPSA) is 86.7 Å². The highest BCUT2D eigenvalue weighted by Gasteiger charge is 2.19. The number of hydrogen-bond donors (Lipinski definition) is 3. The summed E-state index contributed by atoms with van der Waals surface area (Å²) in [7, 11) is 1.70. The number of aryl methyl sites for hydroxylation is 2. The van der Waals surface area contributed by atoms with Gasteiger partial charge in [-0.25, -0.2) is 9.78 Å². The molecule has 1 aromatic heterocycles. The standard InChI is InChI=1S/C29H38N4O3/c1-36-21-20-33(18-5-4-11-24-15-14-23-10-7-17-30-28(23)31-24)19-16-27(29(34)35)32-26-13-6-9-22-8-2-3-12-25(22)26/h2-3,6,8-9,12-15,27,32H,4-5,7,10-11,16-21H2,1H3,(H,30,31)(H,34,35). The molecule has 0 saturated carbocycles. The molecule has 1 aliphatic heterocycles. The Morgan fingerprint density at radius 2 is 1.97 bits per heavy atom. The molecule has 0 bridgehead atoms. The molecule has 0 spiro atoms. The highest BCUT2D eigenvalue weighted by molar-refractivity contribution is 5.95. The van der Waals surface area contributed by atoms with Crippen molar-refractivity contribution in [2.75, 3.05) is 50.5 Å². The Morgan fingerprint density at radius 3 is 2.83 bits per heavy atom. The molecule has 36 heavy (non-hydrogen) atoms. The Kier molecular flexibility index (Phi) is 9.53. The molecule has 3 N–H and O–H groups in total. The van der Waals surface area contributed by atoms with E-state index >= 15 is 0 Å². The smallest absolute Gasteiger partial charge is 0.326 e. The molecule has 1 aliphatic rings. The zero-order valence-electron chi connectivity index (χ0n) is 21.2. The highest BCUT2D eigenvalue weighted by Crippen LogP contribution is 2.24. The van der Waals surface area contributed by atoms with Crippen LogP contribution in [0.15, 0.2) is 54.6 Å². The molecule has 0 radical (unpaired) electrons. The van der Waals surface area contributed by atoms with E-state index < -0.39 is 12.0 Å². The van der Waals surface area contributed by atoms with E-state index in [4.69, 9.17) is 9.72 Å². The number of nitrogens with zero attached hydrogens (tertiary/aromatic N) is 2. The number of carbonyl (C=O) groups is 1. The molecule has 0 amide bonds. The van der Waals surface area contributed by atoms with Crippen molar-refractivity contribution in [3.63, 3.8) is 0 Å². The van der Waals surface area contributed by atoms with Crippen LogP contribution >= 0.6 is 0 Å². The number of unbranched alkanes of at least 4 members (excludes halogenated alkanes) is 1. The first-order valence-electron chi connectivity index (χ1n) is 13.0. The van der Waals surface area contributed by atoms with E-state index in [2.05, 4.69) is 27.7 Å². The van der Waals surface area contributed by atoms with Gasteiger partial charge in [-0.3, -0.25) is 0 Å². The second-order valence-electron chi connectivity index (χ2n) is 9.48. The van der Waals surface area contributed by atoms with E-state index in [1.165, 1.54) is 12.0 Å². The van der Waals surface area contributed by atoms with Crippen molar-refractivity contribution in [1.82, 2.24) is 9.88 Å². The summed E-state index contributed by atoms with van der Waals surface area (Å²) in [5, 5.41) is 18.7. The number of aromatic nitrogens is 1. The van der Waals surface area contributed by atoms with Gasteiger partial charge in [0, 0.05) is 43.5 Å². The van der Waals surface area contributed by atoms with Gasteiger partial charge in [0.1, 0.15) is 11.9 Å². The Bertz CT molecular complexity index is 1130. The molecule has 2 heterocycles. The minimum atomic E-state index is -0.832. The molecule has 3 aromatic rings. The number of carboxylic acid groups (broad SMARTS) is 1. The third kappa shape index (κ3) is 7.18. The molecular formula is C29H38N4O3. The van der Waals surface area contributed by atoms with Crippen LogP contribution in [0, 0.1) is 0 Å². The van der Waals surface area contributed by atoms with Crippen LogP contribution in [-0.4, -0.2) is 66.9 Å². The minimum absolute atomic E-state index is 0.514. The quantitative estimate of drug-likeness (QED) is 0.279. The molecule has 1 atom stereocenters. The molecule has 1 unspecified atom stereocenters. The number of anilines is 2. The van der Waals surface area contributed by atoms with Gasteiger partial charge in [-0.2, -0.15) is 0 Å². The predicted octanol–water partition coefficient (Wildman–Crippen LogP) is 4.82. The molecule has 2 aromatic carbocycles. The third-order valence-electron chi connectivity index (χ3n) is 6.87. The monoisotopic (exact) mass is 490 g/mol. The SMILES string of the molecule is COCCN(CCCCc1ccc2c(n1)NCCC2)CCC(Nc1cccc2ccccc12)C(=O)O. The third-order valence-corrected chi connectivity index (χ3v) is 6.87. The summed E-state index contributed by atoms with van der Waals surface area (Å²) < 4.78 is 5.31. The van der Waals surface area contributed by atoms with Crippen LogP contribution in [-0.2, 0) is 22.4 Å². The van der Waals surface area contributed by atoms with Gasteiger partial charge in [0.15, 0.2) is 0 Å². The summed E-state index contributed by atoms with van der Waals surface area (Å²) >= 11 is 0. The summed E-state index contributed by atoms with van der Waals surface area (Å²) in [5.74, 6) is 0.223. The lowest BCUT2D eigenvalue weighted by molar-refractivity contribution is -0.138. The maximum atomic E-state index is 12.1. The number of aliphatic carboxylic acids is 1. The molecule has 0 aliphatic carbocycles. The molecule has 0 fully saturated rings. The summed E-state index contributed by atoms with van der Waals surface area (Å²) in [6.45, 7) is 4.03. The van der Waals surface area contributed by atoms with E-state index in [-0.39, 0.29) is 0 Å². The van der Waals surface area contributed by atoms with Crippen LogP contribution < -0.4 is 10.6 Å². The average Bonchev–Trinajstić information content (AvgIpc) is 2.91. The van der Waals surface area contributed by atoms with Gasteiger partial charge in [0.25, 0.3) is 0 Å². The molecule has 4 rings (SSSR count). The first kappa shape index (κ1) is 25.9. The largest absolute Gasteiger partial charge is 0.480 e. The fraction of sp³-hybridized carbons (Fsp3) is 0.448. The van der Waals surface area contributed by atoms with E-state index in [0.717, 1.165) is 73.3 Å². The van der Waals surface area contributed by atoms with Crippen LogP contribution in [0.1, 0.15) is 36.9 Å². The maximum Gasteiger partial charge on any atom is 0.326 e. The van der Waals surface area contributed by atoms with Gasteiger partial charge >= 0.3 is 5.97 Å². The van der Waals surface area contributed by atoms with Gasteiger partial charge in [-0.1, -0.05) is 42.5 Å². The van der Waals surface area contributed by atoms with Crippen LogP contribution in [0.25, 0.3) is 10.8 Å². The zero-order chi connectivity index (χ0) is 25.2. The van der Waals surface area contributed by atoms with Crippen molar-refractivity contribution in [3.05, 3.63) is 65.9 Å². The molecular weight excluding hydrogens is 452 g/mol. The van der Waals surface area contributed by atoms with E-state index in [1.807, 2.05) is 42.5 Å². The van der Waals surface area contributed by atoms with Crippen LogP contribution in [0.2, 0.25) is 0 Å². The second-order valence-corrected chi connectivity index (χ2v) is 9.48. The van der Waals surface area contributed by atoms with Gasteiger partial charge in [0.2, 0.25) is 0 Å². The van der Waals surface area contributed by atoms with Crippen LogP contribution in [0.3, 0.4) is 0 Å². The van der Waals surface area contributed by atoms with Crippen molar-refractivity contribution in [2.45, 2.75) is 44.6 Å².